The lowest BCUT2D eigenvalue weighted by molar-refractivity contribution is -0.146. The number of fused-ring (bicyclic) bond motifs is 1. The summed E-state index contributed by atoms with van der Waals surface area (Å²) in [5.41, 5.74) is 1.30. The fourth-order valence-electron chi connectivity index (χ4n) is 4.89. The van der Waals surface area contributed by atoms with Crippen molar-refractivity contribution in [2.45, 2.75) is 31.4 Å². The number of alkyl halides is 3. The van der Waals surface area contributed by atoms with Crippen molar-refractivity contribution in [1.82, 2.24) is 29.6 Å². The van der Waals surface area contributed by atoms with Gasteiger partial charge in [-0.3, -0.25) is 9.69 Å². The molecule has 9 nitrogen and oxygen atoms in total. The van der Waals surface area contributed by atoms with Crippen molar-refractivity contribution in [1.29, 1.82) is 0 Å². The first-order chi connectivity index (χ1) is 17.8. The lowest BCUT2D eigenvalue weighted by atomic mass is 9.89. The highest BCUT2D eigenvalue weighted by molar-refractivity contribution is 5.76. The molecule has 0 saturated carbocycles. The minimum atomic E-state index is -4.61. The number of amides is 1. The van der Waals surface area contributed by atoms with Gasteiger partial charge >= 0.3 is 6.18 Å². The highest BCUT2D eigenvalue weighted by Crippen LogP contribution is 2.32. The van der Waals surface area contributed by atoms with E-state index in [2.05, 4.69) is 32.3 Å². The van der Waals surface area contributed by atoms with Crippen molar-refractivity contribution >= 4 is 17.4 Å². The van der Waals surface area contributed by atoms with E-state index in [1.54, 1.807) is 11.0 Å². The van der Waals surface area contributed by atoms with Gasteiger partial charge in [0.05, 0.1) is 0 Å². The van der Waals surface area contributed by atoms with E-state index in [4.69, 9.17) is 4.74 Å². The molecule has 2 aliphatic heterocycles. The van der Waals surface area contributed by atoms with Crippen LogP contribution in [0.4, 0.5) is 19.0 Å². The number of carbonyl (C=O) groups is 1. The number of halogens is 3. The lowest BCUT2D eigenvalue weighted by Crippen LogP contribution is -2.34. The summed E-state index contributed by atoms with van der Waals surface area (Å²) in [6.07, 6.45) is -2.32. The van der Waals surface area contributed by atoms with Gasteiger partial charge in [0.25, 0.3) is 5.82 Å². The van der Waals surface area contributed by atoms with Crippen molar-refractivity contribution in [3.8, 4) is 5.75 Å². The number of carbonyl (C=O) groups excluding carboxylic acids is 1. The van der Waals surface area contributed by atoms with Crippen LogP contribution in [-0.4, -0.2) is 88.4 Å². The molecule has 12 heteroatoms. The molecule has 2 saturated heterocycles. The predicted octanol–water partition coefficient (Wildman–Crippen LogP) is 3.07. The second-order valence-corrected chi connectivity index (χ2v) is 9.57. The van der Waals surface area contributed by atoms with E-state index in [1.165, 1.54) is 11.6 Å². The van der Waals surface area contributed by atoms with Gasteiger partial charge in [-0.25, -0.2) is 0 Å². The fourth-order valence-corrected chi connectivity index (χ4v) is 4.89. The first-order valence-corrected chi connectivity index (χ1v) is 12.5. The number of piperidine rings is 1. The summed E-state index contributed by atoms with van der Waals surface area (Å²) < 4.78 is 46.3. The SMILES string of the molecule is CN1CCN(CCOc2ccc(C3CCN(c4ccc5nnc(C(F)(F)F)n5n4)CC3)cc2)CCC1=O. The molecule has 0 N–H and O–H groups in total. The normalized spacial score (nSPS) is 18.4. The maximum absolute atomic E-state index is 13.2. The largest absolute Gasteiger partial charge is 0.492 e. The van der Waals surface area contributed by atoms with Gasteiger partial charge in [-0.2, -0.15) is 17.7 Å². The monoisotopic (exact) mass is 517 g/mol. The van der Waals surface area contributed by atoms with Gasteiger partial charge in [0.2, 0.25) is 5.91 Å². The number of rotatable bonds is 6. The molecule has 1 amide bonds. The molecular formula is C25H30F3N7O2. The molecule has 0 spiro atoms. The Balaban J connectivity index is 1.12. The Morgan fingerprint density at radius 3 is 2.46 bits per heavy atom. The Bertz CT molecular complexity index is 1220. The quantitative estimate of drug-likeness (QED) is 0.497. The lowest BCUT2D eigenvalue weighted by Gasteiger charge is -2.33. The average Bonchev–Trinajstić information content (AvgIpc) is 3.27. The smallest absolute Gasteiger partial charge is 0.453 e. The maximum atomic E-state index is 13.2. The van der Waals surface area contributed by atoms with Gasteiger partial charge in [-0.15, -0.1) is 15.3 Å². The van der Waals surface area contributed by atoms with Crippen molar-refractivity contribution in [2.24, 2.45) is 0 Å². The number of anilines is 1. The standard InChI is InChI=1S/C25H30F3N7O2/c1-32-14-15-33(11-10-23(32)36)16-17-37-20-4-2-18(3-5-20)19-8-12-34(13-9-19)22-7-6-21-29-30-24(25(26,27)28)35(21)31-22/h2-7,19H,8-17H2,1H3. The number of nitrogens with zero attached hydrogens (tertiary/aromatic N) is 7. The summed E-state index contributed by atoms with van der Waals surface area (Å²) in [5.74, 6) is 0.738. The molecule has 0 bridgehead atoms. The van der Waals surface area contributed by atoms with Crippen LogP contribution in [-0.2, 0) is 11.0 Å². The van der Waals surface area contributed by atoms with Gasteiger partial charge < -0.3 is 14.5 Å². The van der Waals surface area contributed by atoms with Crippen LogP contribution in [0, 0.1) is 0 Å². The molecule has 2 aromatic heterocycles. The molecule has 0 atom stereocenters. The van der Waals surface area contributed by atoms with Crippen LogP contribution in [0.5, 0.6) is 5.75 Å². The number of hydrogen-bond donors (Lipinski definition) is 0. The topological polar surface area (TPSA) is 79.1 Å². The third-order valence-electron chi connectivity index (χ3n) is 7.17. The van der Waals surface area contributed by atoms with E-state index >= 15 is 0 Å². The Morgan fingerprint density at radius 2 is 1.73 bits per heavy atom. The van der Waals surface area contributed by atoms with Crippen molar-refractivity contribution in [2.75, 3.05) is 57.8 Å². The number of ether oxygens (including phenoxy) is 1. The molecule has 198 valence electrons. The zero-order chi connectivity index (χ0) is 26.0. The zero-order valence-corrected chi connectivity index (χ0v) is 20.7. The summed E-state index contributed by atoms with van der Waals surface area (Å²) in [4.78, 5) is 17.8. The first-order valence-electron chi connectivity index (χ1n) is 12.5. The van der Waals surface area contributed by atoms with E-state index in [0.717, 1.165) is 49.3 Å². The average molecular weight is 518 g/mol. The molecule has 0 radical (unpaired) electrons. The van der Waals surface area contributed by atoms with E-state index in [-0.39, 0.29) is 11.6 Å². The second kappa shape index (κ2) is 10.5. The molecular weight excluding hydrogens is 487 g/mol. The summed E-state index contributed by atoms with van der Waals surface area (Å²) in [6, 6.07) is 11.4. The van der Waals surface area contributed by atoms with Gasteiger partial charge in [0, 0.05) is 52.7 Å². The van der Waals surface area contributed by atoms with E-state index in [1.807, 2.05) is 24.1 Å². The van der Waals surface area contributed by atoms with Gasteiger partial charge in [-0.05, 0) is 48.6 Å². The number of benzene rings is 1. The molecule has 2 fully saturated rings. The molecule has 0 unspecified atom stereocenters. The first kappa shape index (κ1) is 25.2. The molecule has 4 heterocycles. The number of likely N-dealkylation sites (N-methyl/N-ethyl adjacent to an activating group) is 1. The molecule has 2 aliphatic rings. The summed E-state index contributed by atoms with van der Waals surface area (Å²) in [6.45, 7) is 5.09. The minimum absolute atomic E-state index is 0.0717. The molecule has 0 aliphatic carbocycles. The zero-order valence-electron chi connectivity index (χ0n) is 20.7. The molecule has 5 rings (SSSR count). The summed E-state index contributed by atoms with van der Waals surface area (Å²) in [5, 5.41) is 11.0. The molecule has 3 aromatic rings. The Labute approximate surface area is 212 Å². The van der Waals surface area contributed by atoms with Crippen LogP contribution in [0.15, 0.2) is 36.4 Å². The van der Waals surface area contributed by atoms with E-state index < -0.39 is 12.0 Å². The van der Waals surface area contributed by atoms with Crippen LogP contribution in [0.3, 0.4) is 0 Å². The fraction of sp³-hybridized carbons (Fsp3) is 0.520. The van der Waals surface area contributed by atoms with Gasteiger partial charge in [0.1, 0.15) is 18.2 Å². The van der Waals surface area contributed by atoms with Crippen molar-refractivity contribution < 1.29 is 22.7 Å². The molecule has 37 heavy (non-hydrogen) atoms. The predicted molar refractivity (Wildman–Crippen MR) is 131 cm³/mol. The van der Waals surface area contributed by atoms with Crippen LogP contribution in [0.1, 0.15) is 36.6 Å². The van der Waals surface area contributed by atoms with Crippen LogP contribution in [0.2, 0.25) is 0 Å². The Hall–Kier alpha value is -3.41. The van der Waals surface area contributed by atoms with Crippen LogP contribution >= 0.6 is 0 Å². The number of aromatic nitrogens is 4. The van der Waals surface area contributed by atoms with Crippen LogP contribution in [0.25, 0.3) is 5.65 Å². The number of hydrogen-bond acceptors (Lipinski definition) is 7. The van der Waals surface area contributed by atoms with Crippen molar-refractivity contribution in [3.05, 3.63) is 47.8 Å². The third kappa shape index (κ3) is 5.79. The Morgan fingerprint density at radius 1 is 0.973 bits per heavy atom. The third-order valence-corrected chi connectivity index (χ3v) is 7.17. The van der Waals surface area contributed by atoms with Crippen molar-refractivity contribution in [3.63, 3.8) is 0 Å². The van der Waals surface area contributed by atoms with Gasteiger partial charge in [-0.1, -0.05) is 12.1 Å². The van der Waals surface area contributed by atoms with E-state index in [0.29, 0.717) is 37.9 Å². The van der Waals surface area contributed by atoms with Gasteiger partial charge in [0.15, 0.2) is 5.65 Å². The minimum Gasteiger partial charge on any atom is -0.492 e. The maximum Gasteiger partial charge on any atom is 0.453 e. The van der Waals surface area contributed by atoms with Crippen LogP contribution < -0.4 is 9.64 Å². The summed E-state index contributed by atoms with van der Waals surface area (Å²) in [7, 11) is 1.84. The van der Waals surface area contributed by atoms with E-state index in [9.17, 15) is 18.0 Å². The highest BCUT2D eigenvalue weighted by Gasteiger charge is 2.38. The molecule has 1 aromatic carbocycles. The summed E-state index contributed by atoms with van der Waals surface area (Å²) >= 11 is 0. The highest BCUT2D eigenvalue weighted by atomic mass is 19.4. The second-order valence-electron chi connectivity index (χ2n) is 9.57. The Kier molecular flexibility index (Phi) is 7.18.